The molecule has 14 heteroatoms. The zero-order valence-electron chi connectivity index (χ0n) is 18.9. The summed E-state index contributed by atoms with van der Waals surface area (Å²) in [6.45, 7) is 1.57. The van der Waals surface area contributed by atoms with E-state index in [1.165, 1.54) is 50.2 Å². The molecule has 0 radical (unpaired) electrons. The van der Waals surface area contributed by atoms with Crippen molar-refractivity contribution in [2.24, 2.45) is 0 Å². The molecule has 0 aliphatic rings. The number of halogens is 4. The normalized spacial score (nSPS) is 14.7. The van der Waals surface area contributed by atoms with Crippen molar-refractivity contribution in [1.82, 2.24) is 4.90 Å². The third-order valence-corrected chi connectivity index (χ3v) is 8.82. The van der Waals surface area contributed by atoms with Gasteiger partial charge in [-0.25, -0.2) is 8.42 Å². The highest BCUT2D eigenvalue weighted by Crippen LogP contribution is 2.39. The molecule has 2 atom stereocenters. The van der Waals surface area contributed by atoms with Crippen molar-refractivity contribution in [3.05, 3.63) is 47.0 Å². The molecule has 0 saturated carbocycles. The first-order valence-corrected chi connectivity index (χ1v) is 13.0. The first kappa shape index (κ1) is 28.9. The van der Waals surface area contributed by atoms with Crippen LogP contribution in [0.15, 0.2) is 51.1 Å². The Kier molecular flexibility index (Phi) is 8.55. The van der Waals surface area contributed by atoms with Gasteiger partial charge in [0, 0.05) is 30.8 Å². The molecule has 0 aliphatic carbocycles. The average Bonchev–Trinajstić information content (AvgIpc) is 2.78. The molecule has 8 nitrogen and oxygen atoms in total. The number of alkyl halides is 3. The number of amides is 2. The summed E-state index contributed by atoms with van der Waals surface area (Å²) in [6.07, 6.45) is -5.31. The van der Waals surface area contributed by atoms with Gasteiger partial charge in [-0.2, -0.15) is 13.2 Å². The number of hydrogen-bond acceptors (Lipinski definition) is 6. The van der Waals surface area contributed by atoms with Gasteiger partial charge in [-0.1, -0.05) is 18.5 Å². The summed E-state index contributed by atoms with van der Waals surface area (Å²) in [7, 11) is -0.947. The fourth-order valence-corrected chi connectivity index (χ4v) is 5.88. The van der Waals surface area contributed by atoms with Crippen LogP contribution >= 0.6 is 11.6 Å². The van der Waals surface area contributed by atoms with Crippen molar-refractivity contribution in [2.45, 2.75) is 40.3 Å². The van der Waals surface area contributed by atoms with E-state index in [9.17, 15) is 40.8 Å². The molecule has 2 N–H and O–H groups in total. The number of sulfone groups is 1. The van der Waals surface area contributed by atoms with E-state index in [4.69, 9.17) is 11.6 Å². The zero-order valence-corrected chi connectivity index (χ0v) is 21.3. The molecular formula is C21H22ClF3N2O6S2. The Morgan fingerprint density at radius 2 is 1.69 bits per heavy atom. The van der Waals surface area contributed by atoms with Crippen LogP contribution in [0.5, 0.6) is 0 Å². The number of rotatable bonds is 7. The van der Waals surface area contributed by atoms with Gasteiger partial charge in [0.05, 0.1) is 11.4 Å². The van der Waals surface area contributed by atoms with Crippen molar-refractivity contribution in [3.8, 4) is 0 Å². The van der Waals surface area contributed by atoms with E-state index in [1.54, 1.807) is 0 Å². The van der Waals surface area contributed by atoms with Crippen LogP contribution in [0.2, 0.25) is 5.02 Å². The van der Waals surface area contributed by atoms with Crippen LogP contribution in [-0.4, -0.2) is 66.4 Å². The molecule has 0 spiro atoms. The summed E-state index contributed by atoms with van der Waals surface area (Å²) in [5.41, 5.74) is -4.00. The second-order valence-corrected chi connectivity index (χ2v) is 11.7. The predicted octanol–water partition coefficient (Wildman–Crippen LogP) is 3.25. The molecule has 0 heterocycles. The Hall–Kier alpha value is -2.32. The first-order valence-electron chi connectivity index (χ1n) is 9.85. The lowest BCUT2D eigenvalue weighted by atomic mass is 10.1. The second-order valence-electron chi connectivity index (χ2n) is 7.67. The van der Waals surface area contributed by atoms with Crippen molar-refractivity contribution >= 4 is 50.1 Å². The van der Waals surface area contributed by atoms with Gasteiger partial charge in [0.15, 0.2) is 19.6 Å². The van der Waals surface area contributed by atoms with Gasteiger partial charge >= 0.3 is 6.18 Å². The molecule has 0 aliphatic heterocycles. The van der Waals surface area contributed by atoms with Gasteiger partial charge in [0.2, 0.25) is 5.60 Å². The zero-order chi connectivity index (χ0) is 26.9. The monoisotopic (exact) mass is 554 g/mol. The minimum Gasteiger partial charge on any atom is -0.606 e. The maximum absolute atomic E-state index is 13.4. The molecule has 2 rings (SSSR count). The molecule has 0 fully saturated rings. The predicted molar refractivity (Wildman–Crippen MR) is 124 cm³/mol. The molecule has 1 unspecified atom stereocenters. The second kappa shape index (κ2) is 10.3. The third-order valence-electron chi connectivity index (χ3n) is 4.93. The van der Waals surface area contributed by atoms with Gasteiger partial charge in [0.1, 0.15) is 9.92 Å². The van der Waals surface area contributed by atoms with Gasteiger partial charge in [-0.15, -0.1) is 0 Å². The number of benzene rings is 2. The minimum absolute atomic E-state index is 0.0422. The van der Waals surface area contributed by atoms with E-state index in [2.05, 4.69) is 0 Å². The summed E-state index contributed by atoms with van der Waals surface area (Å²) >= 11 is 3.97. The standard InChI is InChI=1S/C21H22ClF3N2O6S2/c1-5-35(32,33)15-11-10-14(26-19(29)20(2,30)21(23,24)25)16(22)17(15)34(31)13-8-6-12(7-9-13)18(28)27(3)4/h6-11,30H,5H2,1-4H3,(H,26,29)/t20-,34?/m1/s1. The van der Waals surface area contributed by atoms with Crippen LogP contribution in [0.4, 0.5) is 18.9 Å². The highest BCUT2D eigenvalue weighted by molar-refractivity contribution is 7.94. The molecule has 35 heavy (non-hydrogen) atoms. The van der Waals surface area contributed by atoms with E-state index in [-0.39, 0.29) is 23.3 Å². The van der Waals surface area contributed by atoms with Crippen molar-refractivity contribution in [3.63, 3.8) is 0 Å². The quantitative estimate of drug-likeness (QED) is 0.506. The highest BCUT2D eigenvalue weighted by atomic mass is 35.5. The Morgan fingerprint density at radius 3 is 2.14 bits per heavy atom. The molecule has 2 amide bonds. The maximum atomic E-state index is 13.4. The maximum Gasteiger partial charge on any atom is 0.426 e. The van der Waals surface area contributed by atoms with Crippen LogP contribution in [-0.2, 0) is 25.8 Å². The SMILES string of the molecule is CCS(=O)(=O)c1ccc(NC(=O)[C@@](C)(O)C(F)(F)F)c(Cl)c1[S+]([O-])c1ccc(C(=O)N(C)C)cc1. The minimum atomic E-state index is -5.31. The Balaban J connectivity index is 2.62. The Morgan fingerprint density at radius 1 is 1.14 bits per heavy atom. The Labute approximate surface area is 208 Å². The summed E-state index contributed by atoms with van der Waals surface area (Å²) in [5.74, 6) is -2.62. The third kappa shape index (κ3) is 5.92. The largest absolute Gasteiger partial charge is 0.606 e. The van der Waals surface area contributed by atoms with Crippen LogP contribution in [0.25, 0.3) is 0 Å². The van der Waals surface area contributed by atoms with Gasteiger partial charge in [0.25, 0.3) is 11.8 Å². The van der Waals surface area contributed by atoms with Crippen LogP contribution in [0, 0.1) is 0 Å². The number of carbonyl (C=O) groups excluding carboxylic acids is 2. The molecule has 2 aromatic rings. The molecule has 0 saturated heterocycles. The molecule has 0 bridgehead atoms. The average molecular weight is 555 g/mol. The molecule has 2 aromatic carbocycles. The number of nitrogens with one attached hydrogen (secondary N) is 1. The molecular weight excluding hydrogens is 533 g/mol. The van der Waals surface area contributed by atoms with Crippen LogP contribution < -0.4 is 5.32 Å². The number of hydrogen-bond donors (Lipinski definition) is 2. The van der Waals surface area contributed by atoms with E-state index >= 15 is 0 Å². The topological polar surface area (TPSA) is 127 Å². The van der Waals surface area contributed by atoms with E-state index in [0.29, 0.717) is 0 Å². The fourth-order valence-electron chi connectivity index (χ4n) is 2.68. The first-order chi connectivity index (χ1) is 16.0. The van der Waals surface area contributed by atoms with Gasteiger partial charge in [-0.3, -0.25) is 9.59 Å². The summed E-state index contributed by atoms with van der Waals surface area (Å²) in [5, 5.41) is 10.8. The highest BCUT2D eigenvalue weighted by Gasteiger charge is 2.56. The molecule has 0 aromatic heterocycles. The lowest BCUT2D eigenvalue weighted by Gasteiger charge is -2.25. The van der Waals surface area contributed by atoms with Crippen molar-refractivity contribution in [1.29, 1.82) is 0 Å². The van der Waals surface area contributed by atoms with Crippen molar-refractivity contribution in [2.75, 3.05) is 25.2 Å². The Bertz CT molecular complexity index is 1230. The van der Waals surface area contributed by atoms with E-state index < -0.39 is 65.0 Å². The number of anilines is 1. The van der Waals surface area contributed by atoms with Crippen LogP contribution in [0.1, 0.15) is 24.2 Å². The van der Waals surface area contributed by atoms with Crippen LogP contribution in [0.3, 0.4) is 0 Å². The summed E-state index contributed by atoms with van der Waals surface area (Å²) in [4.78, 5) is 24.6. The van der Waals surface area contributed by atoms with Crippen molar-refractivity contribution < 1.29 is 40.8 Å². The van der Waals surface area contributed by atoms with E-state index in [0.717, 1.165) is 12.1 Å². The summed E-state index contributed by atoms with van der Waals surface area (Å²) in [6, 6.07) is 7.25. The lowest BCUT2D eigenvalue weighted by Crippen LogP contribution is -2.52. The molecule has 192 valence electrons. The van der Waals surface area contributed by atoms with E-state index in [1.807, 2.05) is 5.32 Å². The lowest BCUT2D eigenvalue weighted by molar-refractivity contribution is -0.242. The smallest absolute Gasteiger partial charge is 0.426 e. The number of nitrogens with zero attached hydrogens (tertiary/aromatic N) is 1. The van der Waals surface area contributed by atoms with Gasteiger partial charge < -0.3 is 19.9 Å². The number of carbonyl (C=O) groups is 2. The fraction of sp³-hybridized carbons (Fsp3) is 0.333. The summed E-state index contributed by atoms with van der Waals surface area (Å²) < 4.78 is 77.7. The van der Waals surface area contributed by atoms with Gasteiger partial charge in [-0.05, 0) is 43.3 Å². The number of aliphatic hydroxyl groups is 1.